The molecule has 0 atom stereocenters. The SMILES string of the molecule is CC(=O)Nc1ccc(NC(=O)c2ccnc(-c3c(C)noc3C)c2)cc1. The van der Waals surface area contributed by atoms with Crippen LogP contribution in [0.3, 0.4) is 0 Å². The minimum Gasteiger partial charge on any atom is -0.361 e. The monoisotopic (exact) mass is 350 g/mol. The molecule has 0 saturated heterocycles. The molecule has 1 aromatic carbocycles. The summed E-state index contributed by atoms with van der Waals surface area (Å²) in [5, 5.41) is 9.42. The van der Waals surface area contributed by atoms with Crippen LogP contribution in [-0.4, -0.2) is 22.0 Å². The van der Waals surface area contributed by atoms with Crippen molar-refractivity contribution in [2.75, 3.05) is 10.6 Å². The second-order valence-electron chi connectivity index (χ2n) is 5.84. The van der Waals surface area contributed by atoms with Gasteiger partial charge in [-0.1, -0.05) is 5.16 Å². The second kappa shape index (κ2) is 7.18. The number of amides is 2. The van der Waals surface area contributed by atoms with Gasteiger partial charge in [-0.15, -0.1) is 0 Å². The number of pyridine rings is 1. The van der Waals surface area contributed by atoms with E-state index in [1.807, 2.05) is 6.92 Å². The van der Waals surface area contributed by atoms with Gasteiger partial charge in [0.15, 0.2) is 0 Å². The number of rotatable bonds is 4. The Kier molecular flexibility index (Phi) is 4.79. The van der Waals surface area contributed by atoms with Gasteiger partial charge in [-0.2, -0.15) is 0 Å². The van der Waals surface area contributed by atoms with Crippen molar-refractivity contribution in [1.82, 2.24) is 10.1 Å². The van der Waals surface area contributed by atoms with Crippen molar-refractivity contribution in [3.8, 4) is 11.3 Å². The molecule has 7 heteroatoms. The van der Waals surface area contributed by atoms with Crippen molar-refractivity contribution in [3.63, 3.8) is 0 Å². The summed E-state index contributed by atoms with van der Waals surface area (Å²) in [5.41, 5.74) is 3.91. The smallest absolute Gasteiger partial charge is 0.255 e. The summed E-state index contributed by atoms with van der Waals surface area (Å²) >= 11 is 0. The van der Waals surface area contributed by atoms with Crippen LogP contribution in [0.15, 0.2) is 47.1 Å². The van der Waals surface area contributed by atoms with E-state index in [-0.39, 0.29) is 11.8 Å². The maximum Gasteiger partial charge on any atom is 0.255 e. The number of nitrogens with zero attached hydrogens (tertiary/aromatic N) is 2. The van der Waals surface area contributed by atoms with Crippen molar-refractivity contribution in [3.05, 3.63) is 59.6 Å². The van der Waals surface area contributed by atoms with Crippen LogP contribution in [0.5, 0.6) is 0 Å². The molecule has 0 unspecified atom stereocenters. The fourth-order valence-electron chi connectivity index (χ4n) is 2.60. The van der Waals surface area contributed by atoms with E-state index in [2.05, 4.69) is 20.8 Å². The van der Waals surface area contributed by atoms with Crippen LogP contribution < -0.4 is 10.6 Å². The lowest BCUT2D eigenvalue weighted by molar-refractivity contribution is -0.114. The van der Waals surface area contributed by atoms with Gasteiger partial charge in [0.25, 0.3) is 5.91 Å². The second-order valence-corrected chi connectivity index (χ2v) is 5.84. The normalized spacial score (nSPS) is 10.4. The summed E-state index contributed by atoms with van der Waals surface area (Å²) in [4.78, 5) is 27.9. The molecule has 0 aliphatic heterocycles. The Morgan fingerprint density at radius 3 is 2.23 bits per heavy atom. The fourth-order valence-corrected chi connectivity index (χ4v) is 2.60. The van der Waals surface area contributed by atoms with Crippen molar-refractivity contribution in [2.45, 2.75) is 20.8 Å². The van der Waals surface area contributed by atoms with Crippen LogP contribution >= 0.6 is 0 Å². The van der Waals surface area contributed by atoms with Gasteiger partial charge in [-0.3, -0.25) is 14.6 Å². The molecule has 3 rings (SSSR count). The van der Waals surface area contributed by atoms with Crippen molar-refractivity contribution >= 4 is 23.2 Å². The maximum atomic E-state index is 12.5. The number of nitrogens with one attached hydrogen (secondary N) is 2. The molecular formula is C19H18N4O3. The summed E-state index contributed by atoms with van der Waals surface area (Å²) < 4.78 is 5.16. The Bertz CT molecular complexity index is 942. The zero-order valence-corrected chi connectivity index (χ0v) is 14.7. The van der Waals surface area contributed by atoms with Gasteiger partial charge in [0.2, 0.25) is 5.91 Å². The molecular weight excluding hydrogens is 332 g/mol. The van der Waals surface area contributed by atoms with Gasteiger partial charge in [0.1, 0.15) is 5.76 Å². The van der Waals surface area contributed by atoms with Crippen LogP contribution in [0.2, 0.25) is 0 Å². The average Bonchev–Trinajstić information content (AvgIpc) is 2.95. The minimum atomic E-state index is -0.257. The third-order valence-electron chi connectivity index (χ3n) is 3.77. The molecule has 2 aromatic heterocycles. The van der Waals surface area contributed by atoms with Crippen LogP contribution in [-0.2, 0) is 4.79 Å². The highest BCUT2D eigenvalue weighted by molar-refractivity contribution is 6.05. The molecule has 132 valence electrons. The maximum absolute atomic E-state index is 12.5. The predicted octanol–water partition coefficient (Wildman–Crippen LogP) is 3.56. The van der Waals surface area contributed by atoms with E-state index in [1.165, 1.54) is 6.92 Å². The quantitative estimate of drug-likeness (QED) is 0.750. The first-order valence-corrected chi connectivity index (χ1v) is 8.02. The van der Waals surface area contributed by atoms with Crippen molar-refractivity contribution in [1.29, 1.82) is 0 Å². The van der Waals surface area contributed by atoms with Gasteiger partial charge < -0.3 is 15.2 Å². The van der Waals surface area contributed by atoms with E-state index in [9.17, 15) is 9.59 Å². The lowest BCUT2D eigenvalue weighted by Gasteiger charge is -2.08. The zero-order chi connectivity index (χ0) is 18.7. The van der Waals surface area contributed by atoms with Crippen LogP contribution in [0.1, 0.15) is 28.7 Å². The molecule has 2 heterocycles. The molecule has 2 N–H and O–H groups in total. The molecule has 3 aromatic rings. The highest BCUT2D eigenvalue weighted by Crippen LogP contribution is 2.25. The first-order chi connectivity index (χ1) is 12.4. The number of anilines is 2. The minimum absolute atomic E-state index is 0.148. The van der Waals surface area contributed by atoms with Crippen molar-refractivity contribution in [2.24, 2.45) is 0 Å². The highest BCUT2D eigenvalue weighted by atomic mass is 16.5. The molecule has 0 radical (unpaired) electrons. The molecule has 0 fully saturated rings. The number of hydrogen-bond donors (Lipinski definition) is 2. The van der Waals surface area contributed by atoms with E-state index in [1.54, 1.807) is 49.5 Å². The Balaban J connectivity index is 1.78. The molecule has 0 bridgehead atoms. The number of aryl methyl sites for hydroxylation is 2. The lowest BCUT2D eigenvalue weighted by atomic mass is 10.1. The van der Waals surface area contributed by atoms with E-state index < -0.39 is 0 Å². The summed E-state index contributed by atoms with van der Waals surface area (Å²) in [6.07, 6.45) is 1.58. The molecule has 7 nitrogen and oxygen atoms in total. The summed E-state index contributed by atoms with van der Waals surface area (Å²) in [6, 6.07) is 10.2. The first kappa shape index (κ1) is 17.3. The highest BCUT2D eigenvalue weighted by Gasteiger charge is 2.15. The molecule has 2 amide bonds. The van der Waals surface area contributed by atoms with Crippen LogP contribution in [0, 0.1) is 13.8 Å². The first-order valence-electron chi connectivity index (χ1n) is 8.02. The molecule has 0 aliphatic rings. The molecule has 26 heavy (non-hydrogen) atoms. The zero-order valence-electron chi connectivity index (χ0n) is 14.7. The van der Waals surface area contributed by atoms with Gasteiger partial charge in [0.05, 0.1) is 17.0 Å². The third-order valence-corrected chi connectivity index (χ3v) is 3.77. The average molecular weight is 350 g/mol. The van der Waals surface area contributed by atoms with E-state index >= 15 is 0 Å². The number of benzene rings is 1. The predicted molar refractivity (Wildman–Crippen MR) is 97.9 cm³/mol. The molecule has 0 spiro atoms. The largest absolute Gasteiger partial charge is 0.361 e. The van der Waals surface area contributed by atoms with Gasteiger partial charge in [-0.25, -0.2) is 0 Å². The third kappa shape index (κ3) is 3.77. The van der Waals surface area contributed by atoms with E-state index in [0.717, 1.165) is 11.3 Å². The number of carbonyl (C=O) groups excluding carboxylic acids is 2. The van der Waals surface area contributed by atoms with Crippen LogP contribution in [0.4, 0.5) is 11.4 Å². The molecule has 0 saturated carbocycles. The summed E-state index contributed by atoms with van der Waals surface area (Å²) in [6.45, 7) is 5.08. The summed E-state index contributed by atoms with van der Waals surface area (Å²) in [5.74, 6) is 0.249. The van der Waals surface area contributed by atoms with Gasteiger partial charge >= 0.3 is 0 Å². The Morgan fingerprint density at radius 2 is 1.65 bits per heavy atom. The van der Waals surface area contributed by atoms with Crippen molar-refractivity contribution < 1.29 is 14.1 Å². The topological polar surface area (TPSA) is 97.1 Å². The van der Waals surface area contributed by atoms with Gasteiger partial charge in [-0.05, 0) is 50.2 Å². The Hall–Kier alpha value is -3.48. The van der Waals surface area contributed by atoms with Gasteiger partial charge in [0, 0.05) is 30.1 Å². The Morgan fingerprint density at radius 1 is 1.00 bits per heavy atom. The number of hydrogen-bond acceptors (Lipinski definition) is 5. The lowest BCUT2D eigenvalue weighted by Crippen LogP contribution is -2.12. The Labute approximate surface area is 150 Å². The fraction of sp³-hybridized carbons (Fsp3) is 0.158. The van der Waals surface area contributed by atoms with E-state index in [0.29, 0.717) is 28.4 Å². The van der Waals surface area contributed by atoms with Crippen LogP contribution in [0.25, 0.3) is 11.3 Å². The van der Waals surface area contributed by atoms with E-state index in [4.69, 9.17) is 4.52 Å². The summed E-state index contributed by atoms with van der Waals surface area (Å²) in [7, 11) is 0. The molecule has 0 aliphatic carbocycles. The number of carbonyl (C=O) groups is 2. The number of aromatic nitrogens is 2. The standard InChI is InChI=1S/C19H18N4O3/c1-11-18(12(2)26-23-11)17-10-14(8-9-20-17)19(25)22-16-6-4-15(5-7-16)21-13(3)24/h4-10H,1-3H3,(H,21,24)(H,22,25).